The summed E-state index contributed by atoms with van der Waals surface area (Å²) < 4.78 is 24.3. The van der Waals surface area contributed by atoms with Gasteiger partial charge in [0.2, 0.25) is 5.69 Å². The highest BCUT2D eigenvalue weighted by atomic mass is 28.3. The van der Waals surface area contributed by atoms with E-state index >= 15 is 4.39 Å². The summed E-state index contributed by atoms with van der Waals surface area (Å²) in [6.45, 7) is 12.9. The van der Waals surface area contributed by atoms with Gasteiger partial charge in [-0.15, -0.1) is 0 Å². The zero-order chi connectivity index (χ0) is 30.4. The Labute approximate surface area is 252 Å². The van der Waals surface area contributed by atoms with E-state index in [4.69, 9.17) is 4.42 Å². The second-order valence-electron chi connectivity index (χ2n) is 13.4. The van der Waals surface area contributed by atoms with Crippen molar-refractivity contribution in [2.75, 3.05) is 0 Å². The lowest BCUT2D eigenvalue weighted by atomic mass is 9.87. The van der Waals surface area contributed by atoms with Crippen LogP contribution in [0.25, 0.3) is 55.4 Å². The molecule has 1 aliphatic heterocycles. The third-order valence-electron chi connectivity index (χ3n) is 9.30. The maximum absolute atomic E-state index is 15.5. The summed E-state index contributed by atoms with van der Waals surface area (Å²) >= 11 is 0. The largest absolute Gasteiger partial charge is 0.454 e. The van der Waals surface area contributed by atoms with E-state index in [1.807, 2.05) is 57.6 Å². The molecular formula is C38H34FN2OSi+. The summed E-state index contributed by atoms with van der Waals surface area (Å²) in [6.07, 6.45) is 1.89. The first-order valence-electron chi connectivity index (χ1n) is 14.8. The highest BCUT2D eigenvalue weighted by Crippen LogP contribution is 2.43. The number of aromatic nitrogens is 1. The lowest BCUT2D eigenvalue weighted by molar-refractivity contribution is -0.661. The van der Waals surface area contributed by atoms with Gasteiger partial charge in [-0.2, -0.15) is 5.26 Å². The molecule has 0 saturated heterocycles. The predicted octanol–water partition coefficient (Wildman–Crippen LogP) is 8.16. The fourth-order valence-electron chi connectivity index (χ4n) is 6.98. The van der Waals surface area contributed by atoms with Gasteiger partial charge in [0.05, 0.1) is 22.8 Å². The molecule has 212 valence electrons. The van der Waals surface area contributed by atoms with E-state index < -0.39 is 8.07 Å². The topological polar surface area (TPSA) is 40.8 Å². The van der Waals surface area contributed by atoms with E-state index in [2.05, 4.69) is 73.8 Å². The quantitative estimate of drug-likeness (QED) is 0.153. The number of nitriles is 1. The molecule has 6 aromatic rings. The first-order chi connectivity index (χ1) is 20.4. The van der Waals surface area contributed by atoms with Crippen molar-refractivity contribution in [3.63, 3.8) is 0 Å². The summed E-state index contributed by atoms with van der Waals surface area (Å²) in [5.41, 5.74) is 9.31. The van der Waals surface area contributed by atoms with Crippen molar-refractivity contribution in [3.8, 4) is 39.6 Å². The fraction of sp³-hybridized carbons (Fsp3) is 0.211. The third kappa shape index (κ3) is 3.93. The van der Waals surface area contributed by atoms with Crippen LogP contribution in [0.2, 0.25) is 13.1 Å². The molecular weight excluding hydrogens is 548 g/mol. The average Bonchev–Trinajstić information content (AvgIpc) is 3.45. The van der Waals surface area contributed by atoms with E-state index in [0.29, 0.717) is 22.3 Å². The highest BCUT2D eigenvalue weighted by molar-refractivity contribution is 7.03. The zero-order valence-corrected chi connectivity index (χ0v) is 26.7. The molecule has 2 aromatic heterocycles. The van der Waals surface area contributed by atoms with Gasteiger partial charge in [-0.05, 0) is 57.1 Å². The SMILES string of the molecule is Cc1ccc2c(oc3c(-c4ccc5c(c4)[Si](C)(C)c4ccccc4-5)c(C#N)ccc32)c1-c1cc(F)c(C(C)(C)C)c[n+]1C. The van der Waals surface area contributed by atoms with Crippen LogP contribution in [0.5, 0.6) is 0 Å². The molecule has 0 saturated carbocycles. The predicted molar refractivity (Wildman–Crippen MR) is 176 cm³/mol. The second-order valence-corrected chi connectivity index (χ2v) is 17.8. The lowest BCUT2D eigenvalue weighted by Crippen LogP contribution is -2.49. The number of aryl methyl sites for hydroxylation is 2. The molecule has 0 atom stereocenters. The maximum atomic E-state index is 15.5. The van der Waals surface area contributed by atoms with E-state index in [1.165, 1.54) is 21.5 Å². The van der Waals surface area contributed by atoms with Gasteiger partial charge in [0.25, 0.3) is 0 Å². The van der Waals surface area contributed by atoms with Gasteiger partial charge in [-0.3, -0.25) is 0 Å². The molecule has 3 nitrogen and oxygen atoms in total. The Balaban J connectivity index is 1.50. The Morgan fingerprint density at radius 3 is 2.23 bits per heavy atom. The Bertz CT molecular complexity index is 2190. The average molecular weight is 582 g/mol. The molecule has 5 heteroatoms. The second kappa shape index (κ2) is 9.23. The smallest absolute Gasteiger partial charge is 0.219 e. The molecule has 0 amide bonds. The molecule has 3 heterocycles. The minimum Gasteiger partial charge on any atom is -0.454 e. The van der Waals surface area contributed by atoms with Gasteiger partial charge >= 0.3 is 0 Å². The summed E-state index contributed by atoms with van der Waals surface area (Å²) in [6, 6.07) is 27.4. The minimum absolute atomic E-state index is 0.230. The Morgan fingerprint density at radius 1 is 0.837 bits per heavy atom. The Kier molecular flexibility index (Phi) is 5.86. The Morgan fingerprint density at radius 2 is 1.51 bits per heavy atom. The summed E-state index contributed by atoms with van der Waals surface area (Å²) in [5, 5.41) is 15.0. The van der Waals surface area contributed by atoms with E-state index in [0.717, 1.165) is 38.7 Å². The summed E-state index contributed by atoms with van der Waals surface area (Å²) in [4.78, 5) is 0. The monoisotopic (exact) mass is 581 g/mol. The van der Waals surface area contributed by atoms with E-state index in [1.54, 1.807) is 6.07 Å². The van der Waals surface area contributed by atoms with E-state index in [-0.39, 0.29) is 11.2 Å². The number of benzene rings is 4. The van der Waals surface area contributed by atoms with Crippen molar-refractivity contribution < 1.29 is 13.4 Å². The molecule has 0 N–H and O–H groups in total. The molecule has 4 aromatic carbocycles. The standard InChI is InChI=1S/C38H34FN2OSi/c1-22-12-15-27-28-17-14-24(20-40)35(23-13-16-26-25-10-8-9-11-32(25)43(6,7)33(26)18-23)37(28)42-36(27)34(22)31-19-30(39)29(21-41(31)5)38(2,3)4/h8-19,21H,1-7H3/q+1. The van der Waals surface area contributed by atoms with Gasteiger partial charge < -0.3 is 4.42 Å². The van der Waals surface area contributed by atoms with Crippen molar-refractivity contribution in [1.29, 1.82) is 5.26 Å². The number of halogens is 1. The summed E-state index contributed by atoms with van der Waals surface area (Å²) in [5.74, 6) is -0.230. The number of nitrogens with zero attached hydrogens (tertiary/aromatic N) is 2. The van der Waals surface area contributed by atoms with Gasteiger partial charge in [0.1, 0.15) is 32.1 Å². The van der Waals surface area contributed by atoms with Crippen molar-refractivity contribution in [2.45, 2.75) is 46.2 Å². The zero-order valence-electron chi connectivity index (χ0n) is 25.7. The van der Waals surface area contributed by atoms with Crippen molar-refractivity contribution in [3.05, 3.63) is 102 Å². The van der Waals surface area contributed by atoms with Crippen LogP contribution in [-0.4, -0.2) is 8.07 Å². The van der Waals surface area contributed by atoms with Crippen LogP contribution in [0, 0.1) is 24.1 Å². The number of hydrogen-bond acceptors (Lipinski definition) is 2. The first kappa shape index (κ1) is 27.3. The van der Waals surface area contributed by atoms with Crippen LogP contribution in [0.1, 0.15) is 37.5 Å². The van der Waals surface area contributed by atoms with Gasteiger partial charge in [-0.25, -0.2) is 8.96 Å². The molecule has 0 bridgehead atoms. The maximum Gasteiger partial charge on any atom is 0.219 e. The molecule has 0 aliphatic carbocycles. The van der Waals surface area contributed by atoms with Crippen LogP contribution >= 0.6 is 0 Å². The lowest BCUT2D eigenvalue weighted by Gasteiger charge is -2.19. The molecule has 0 unspecified atom stereocenters. The molecule has 43 heavy (non-hydrogen) atoms. The third-order valence-corrected chi connectivity index (χ3v) is 12.8. The molecule has 1 aliphatic rings. The van der Waals surface area contributed by atoms with Gasteiger partial charge in [0, 0.05) is 22.4 Å². The number of furan rings is 1. The highest BCUT2D eigenvalue weighted by Gasteiger charge is 2.37. The molecule has 7 rings (SSSR count). The van der Waals surface area contributed by atoms with Crippen LogP contribution in [0.4, 0.5) is 4.39 Å². The molecule has 0 radical (unpaired) electrons. The molecule has 0 fully saturated rings. The van der Waals surface area contributed by atoms with Crippen LogP contribution in [0.15, 0.2) is 83.4 Å². The minimum atomic E-state index is -1.91. The Hall–Kier alpha value is -4.53. The van der Waals surface area contributed by atoms with Gasteiger partial charge in [-0.1, -0.05) is 88.5 Å². The van der Waals surface area contributed by atoms with Crippen LogP contribution < -0.4 is 14.9 Å². The van der Waals surface area contributed by atoms with Crippen molar-refractivity contribution >= 4 is 40.4 Å². The number of rotatable bonds is 2. The fourth-order valence-corrected chi connectivity index (χ4v) is 10.1. The van der Waals surface area contributed by atoms with E-state index in [9.17, 15) is 5.26 Å². The number of hydrogen-bond donors (Lipinski definition) is 0. The van der Waals surface area contributed by atoms with Crippen LogP contribution in [-0.2, 0) is 12.5 Å². The van der Waals surface area contributed by atoms with Gasteiger partial charge in [0.15, 0.2) is 6.20 Å². The normalized spacial score (nSPS) is 13.7. The van der Waals surface area contributed by atoms with Crippen LogP contribution in [0.3, 0.4) is 0 Å². The summed E-state index contributed by atoms with van der Waals surface area (Å²) in [7, 11) is 0.0418. The van der Waals surface area contributed by atoms with Crippen molar-refractivity contribution in [2.24, 2.45) is 7.05 Å². The van der Waals surface area contributed by atoms with Crippen molar-refractivity contribution in [1.82, 2.24) is 0 Å². The first-order valence-corrected chi connectivity index (χ1v) is 17.8. The number of fused-ring (bicyclic) bond motifs is 6. The molecule has 0 spiro atoms. The number of pyridine rings is 1.